The van der Waals surface area contributed by atoms with Crippen molar-refractivity contribution in [3.05, 3.63) is 59.4 Å². The molecule has 0 atom stereocenters. The normalized spacial score (nSPS) is 16.5. The zero-order valence-electron chi connectivity index (χ0n) is 17.6. The Hall–Kier alpha value is -2.40. The van der Waals surface area contributed by atoms with E-state index in [2.05, 4.69) is 4.98 Å². The van der Waals surface area contributed by atoms with Gasteiger partial charge in [-0.2, -0.15) is 17.5 Å². The SMILES string of the molecule is CCn1c(C(Cl)=Cc2ccc(C(F)(F)F)cc2)nc2cc(S(=O)(=O)N3CCOCC3)ccc21. The number of halogens is 4. The number of benzene rings is 2. The second-order valence-corrected chi connectivity index (χ2v) is 9.80. The number of aryl methyl sites for hydroxylation is 1. The van der Waals surface area contributed by atoms with E-state index in [0.717, 1.165) is 12.1 Å². The van der Waals surface area contributed by atoms with Gasteiger partial charge >= 0.3 is 6.18 Å². The maximum absolute atomic E-state index is 13.0. The fourth-order valence-corrected chi connectivity index (χ4v) is 5.39. The molecule has 1 aromatic heterocycles. The van der Waals surface area contributed by atoms with E-state index in [1.807, 2.05) is 11.5 Å². The minimum Gasteiger partial charge on any atom is -0.379 e. The van der Waals surface area contributed by atoms with E-state index in [0.29, 0.717) is 42.2 Å². The third-order valence-electron chi connectivity index (χ3n) is 5.39. The summed E-state index contributed by atoms with van der Waals surface area (Å²) in [4.78, 5) is 4.66. The Kier molecular flexibility index (Phi) is 6.54. The number of hydrogen-bond acceptors (Lipinski definition) is 4. The molecule has 4 rings (SSSR count). The first-order chi connectivity index (χ1) is 15.6. The monoisotopic (exact) mass is 499 g/mol. The molecule has 1 aliphatic rings. The molecule has 11 heteroatoms. The molecule has 0 amide bonds. The minimum absolute atomic E-state index is 0.132. The number of nitrogens with zero attached hydrogens (tertiary/aromatic N) is 3. The predicted octanol–water partition coefficient (Wildman–Crippen LogP) is 4.83. The zero-order valence-corrected chi connectivity index (χ0v) is 19.2. The molecule has 1 aliphatic heterocycles. The molecular weight excluding hydrogens is 479 g/mol. The highest BCUT2D eigenvalue weighted by atomic mass is 35.5. The van der Waals surface area contributed by atoms with Gasteiger partial charge in [-0.15, -0.1) is 0 Å². The van der Waals surface area contributed by atoms with Crippen LogP contribution in [0.4, 0.5) is 13.2 Å². The van der Waals surface area contributed by atoms with Crippen molar-refractivity contribution >= 4 is 43.8 Å². The quantitative estimate of drug-likeness (QED) is 0.504. The van der Waals surface area contributed by atoms with Crippen LogP contribution in [0.25, 0.3) is 22.1 Å². The maximum Gasteiger partial charge on any atom is 0.416 e. The number of hydrogen-bond donors (Lipinski definition) is 0. The lowest BCUT2D eigenvalue weighted by Crippen LogP contribution is -2.40. The van der Waals surface area contributed by atoms with Gasteiger partial charge in [0, 0.05) is 19.6 Å². The Morgan fingerprint density at radius 1 is 1.15 bits per heavy atom. The van der Waals surface area contributed by atoms with Gasteiger partial charge in [-0.1, -0.05) is 23.7 Å². The van der Waals surface area contributed by atoms with Crippen LogP contribution < -0.4 is 0 Å². The molecule has 176 valence electrons. The topological polar surface area (TPSA) is 64.4 Å². The van der Waals surface area contributed by atoms with E-state index in [1.165, 1.54) is 34.6 Å². The molecule has 3 aromatic rings. The predicted molar refractivity (Wildman–Crippen MR) is 120 cm³/mol. The molecule has 6 nitrogen and oxygen atoms in total. The Balaban J connectivity index is 1.70. The molecule has 1 saturated heterocycles. The van der Waals surface area contributed by atoms with E-state index in [4.69, 9.17) is 16.3 Å². The van der Waals surface area contributed by atoms with Gasteiger partial charge in [-0.05, 0) is 48.9 Å². The third-order valence-corrected chi connectivity index (χ3v) is 7.56. The van der Waals surface area contributed by atoms with Crippen LogP contribution in [-0.2, 0) is 27.5 Å². The fraction of sp³-hybridized carbons (Fsp3) is 0.318. The van der Waals surface area contributed by atoms with Crippen molar-refractivity contribution in [2.45, 2.75) is 24.5 Å². The second kappa shape index (κ2) is 9.09. The molecule has 0 unspecified atom stereocenters. The molecule has 2 heterocycles. The summed E-state index contributed by atoms with van der Waals surface area (Å²) in [5.41, 5.74) is 0.899. The number of morpholine rings is 1. The number of alkyl halides is 3. The highest BCUT2D eigenvalue weighted by Crippen LogP contribution is 2.31. The molecule has 0 saturated carbocycles. The number of sulfonamides is 1. The fourth-order valence-electron chi connectivity index (χ4n) is 3.69. The lowest BCUT2D eigenvalue weighted by molar-refractivity contribution is -0.137. The summed E-state index contributed by atoms with van der Waals surface area (Å²) in [6.07, 6.45) is -2.89. The summed E-state index contributed by atoms with van der Waals surface area (Å²) in [6.45, 7) is 3.68. The van der Waals surface area contributed by atoms with Crippen molar-refractivity contribution < 1.29 is 26.3 Å². The first kappa shape index (κ1) is 23.7. The van der Waals surface area contributed by atoms with Crippen LogP contribution in [0.5, 0.6) is 0 Å². The van der Waals surface area contributed by atoms with Crippen molar-refractivity contribution in [3.63, 3.8) is 0 Å². The highest BCUT2D eigenvalue weighted by molar-refractivity contribution is 7.89. The maximum atomic E-state index is 13.0. The molecule has 33 heavy (non-hydrogen) atoms. The zero-order chi connectivity index (χ0) is 23.8. The van der Waals surface area contributed by atoms with E-state index in [-0.39, 0.29) is 23.0 Å². The molecular formula is C22H21ClF3N3O3S. The van der Waals surface area contributed by atoms with E-state index in [9.17, 15) is 21.6 Å². The molecule has 0 radical (unpaired) electrons. The van der Waals surface area contributed by atoms with Gasteiger partial charge in [0.25, 0.3) is 0 Å². The minimum atomic E-state index is -4.42. The molecule has 2 aromatic carbocycles. The lowest BCUT2D eigenvalue weighted by atomic mass is 10.1. The summed E-state index contributed by atoms with van der Waals surface area (Å²) in [7, 11) is -3.68. The summed E-state index contributed by atoms with van der Waals surface area (Å²) in [5.74, 6) is 0.398. The number of rotatable bonds is 5. The van der Waals surface area contributed by atoms with Crippen molar-refractivity contribution in [3.8, 4) is 0 Å². The molecule has 0 N–H and O–H groups in total. The molecule has 1 fully saturated rings. The van der Waals surface area contributed by atoms with Crippen LogP contribution in [0.1, 0.15) is 23.9 Å². The summed E-state index contributed by atoms with van der Waals surface area (Å²) >= 11 is 6.49. The average molecular weight is 500 g/mol. The van der Waals surface area contributed by atoms with Gasteiger partial charge in [-0.3, -0.25) is 0 Å². The van der Waals surface area contributed by atoms with Crippen molar-refractivity contribution in [1.29, 1.82) is 0 Å². The molecule has 0 bridgehead atoms. The van der Waals surface area contributed by atoms with Crippen LogP contribution in [0.15, 0.2) is 47.4 Å². The van der Waals surface area contributed by atoms with E-state index < -0.39 is 21.8 Å². The highest BCUT2D eigenvalue weighted by Gasteiger charge is 2.30. The van der Waals surface area contributed by atoms with Crippen LogP contribution in [0, 0.1) is 0 Å². The number of ether oxygens (including phenoxy) is 1. The Morgan fingerprint density at radius 3 is 2.42 bits per heavy atom. The number of imidazole rings is 1. The second-order valence-electron chi connectivity index (χ2n) is 7.46. The van der Waals surface area contributed by atoms with Crippen molar-refractivity contribution in [2.75, 3.05) is 26.3 Å². The van der Waals surface area contributed by atoms with E-state index in [1.54, 1.807) is 6.07 Å². The van der Waals surface area contributed by atoms with Gasteiger partial charge in [0.2, 0.25) is 10.0 Å². The summed E-state index contributed by atoms with van der Waals surface area (Å²) < 4.78 is 72.8. The van der Waals surface area contributed by atoms with Gasteiger partial charge in [0.1, 0.15) is 0 Å². The smallest absolute Gasteiger partial charge is 0.379 e. The molecule has 0 aliphatic carbocycles. The van der Waals surface area contributed by atoms with Gasteiger partial charge in [0.15, 0.2) is 5.82 Å². The standard InChI is InChI=1S/C22H21ClF3N3O3S/c1-2-29-20-8-7-17(33(30,31)28-9-11-32-12-10-28)14-19(20)27-21(29)18(23)13-15-3-5-16(6-4-15)22(24,25)26/h3-8,13-14H,2,9-12H2,1H3. The molecule has 0 spiro atoms. The Bertz CT molecular complexity index is 1300. The van der Waals surface area contributed by atoms with Crippen LogP contribution in [0.3, 0.4) is 0 Å². The number of fused-ring (bicyclic) bond motifs is 1. The average Bonchev–Trinajstić information content (AvgIpc) is 3.17. The van der Waals surface area contributed by atoms with Gasteiger partial charge in [-0.25, -0.2) is 13.4 Å². The van der Waals surface area contributed by atoms with Crippen LogP contribution in [-0.4, -0.2) is 48.6 Å². The lowest BCUT2D eigenvalue weighted by Gasteiger charge is -2.26. The Morgan fingerprint density at radius 2 is 1.82 bits per heavy atom. The van der Waals surface area contributed by atoms with Crippen molar-refractivity contribution in [1.82, 2.24) is 13.9 Å². The third kappa shape index (κ3) is 4.79. The largest absolute Gasteiger partial charge is 0.416 e. The first-order valence-corrected chi connectivity index (χ1v) is 12.1. The summed E-state index contributed by atoms with van der Waals surface area (Å²) in [5, 5.41) is 0.227. The summed E-state index contributed by atoms with van der Waals surface area (Å²) in [6, 6.07) is 9.37. The van der Waals surface area contributed by atoms with Crippen molar-refractivity contribution in [2.24, 2.45) is 0 Å². The van der Waals surface area contributed by atoms with Gasteiger partial charge in [0.05, 0.1) is 39.7 Å². The van der Waals surface area contributed by atoms with Crippen LogP contribution in [0.2, 0.25) is 0 Å². The van der Waals surface area contributed by atoms with Gasteiger partial charge < -0.3 is 9.30 Å². The Labute approximate surface area is 194 Å². The van der Waals surface area contributed by atoms with E-state index >= 15 is 0 Å². The number of aromatic nitrogens is 2. The van der Waals surface area contributed by atoms with Crippen LogP contribution >= 0.6 is 11.6 Å². The first-order valence-electron chi connectivity index (χ1n) is 10.2.